The first-order valence-electron chi connectivity index (χ1n) is 8.76. The molecule has 3 aromatic rings. The van der Waals surface area contributed by atoms with Crippen LogP contribution in [0.5, 0.6) is 0 Å². The number of carbonyl (C=O) groups excluding carboxylic acids is 1. The first-order chi connectivity index (χ1) is 12.9. The molecule has 6 nitrogen and oxygen atoms in total. The number of halogens is 1. The number of aromatic nitrogens is 3. The highest BCUT2D eigenvalue weighted by molar-refractivity contribution is 5.97. The summed E-state index contributed by atoms with van der Waals surface area (Å²) in [6, 6.07) is 5.66. The lowest BCUT2D eigenvalue weighted by Crippen LogP contribution is -2.25. The molecule has 2 aromatic heterocycles. The van der Waals surface area contributed by atoms with Crippen molar-refractivity contribution in [3.05, 3.63) is 63.7 Å². The molecule has 0 saturated heterocycles. The minimum Gasteiger partial charge on any atom is -0.385 e. The molecule has 0 saturated carbocycles. The van der Waals surface area contributed by atoms with Crippen molar-refractivity contribution in [3.8, 4) is 0 Å². The van der Waals surface area contributed by atoms with Gasteiger partial charge in [-0.15, -0.1) is 0 Å². The number of methoxy groups -OCH3 is 1. The molecule has 0 amide bonds. The summed E-state index contributed by atoms with van der Waals surface area (Å²) in [7, 11) is 1.66. The normalized spacial score (nSPS) is 11.3. The predicted octanol–water partition coefficient (Wildman–Crippen LogP) is 2.87. The second-order valence-electron chi connectivity index (χ2n) is 6.55. The number of ketones is 1. The third-order valence-electron chi connectivity index (χ3n) is 4.71. The van der Waals surface area contributed by atoms with Crippen molar-refractivity contribution in [2.45, 2.75) is 33.4 Å². The van der Waals surface area contributed by atoms with Crippen molar-refractivity contribution in [1.29, 1.82) is 0 Å². The van der Waals surface area contributed by atoms with Gasteiger partial charge in [0.25, 0.3) is 5.56 Å². The molecule has 0 aliphatic rings. The lowest BCUT2D eigenvalue weighted by Gasteiger charge is -2.10. The maximum Gasteiger partial charge on any atom is 0.261 e. The molecule has 0 aliphatic heterocycles. The van der Waals surface area contributed by atoms with Crippen LogP contribution in [-0.2, 0) is 17.8 Å². The number of nitrogens with zero attached hydrogens (tertiary/aromatic N) is 3. The summed E-state index contributed by atoms with van der Waals surface area (Å²) in [5.74, 6) is -0.615. The first kappa shape index (κ1) is 19.0. The predicted molar refractivity (Wildman–Crippen MR) is 101 cm³/mol. The zero-order chi connectivity index (χ0) is 19.6. The Labute approximate surface area is 156 Å². The molecule has 0 radical (unpaired) electrons. The smallest absolute Gasteiger partial charge is 0.261 e. The number of rotatable bonds is 7. The third kappa shape index (κ3) is 3.83. The van der Waals surface area contributed by atoms with E-state index < -0.39 is 5.82 Å². The van der Waals surface area contributed by atoms with Crippen LogP contribution in [0, 0.1) is 19.7 Å². The fourth-order valence-corrected chi connectivity index (χ4v) is 3.28. The van der Waals surface area contributed by atoms with Crippen molar-refractivity contribution in [1.82, 2.24) is 14.1 Å². The molecule has 3 rings (SSSR count). The van der Waals surface area contributed by atoms with Crippen molar-refractivity contribution in [2.24, 2.45) is 0 Å². The number of ether oxygens (including phenoxy) is 1. The van der Waals surface area contributed by atoms with Gasteiger partial charge in [-0.25, -0.2) is 9.37 Å². The van der Waals surface area contributed by atoms with Crippen LogP contribution >= 0.6 is 0 Å². The number of carbonyl (C=O) groups is 1. The summed E-state index contributed by atoms with van der Waals surface area (Å²) >= 11 is 0. The Morgan fingerprint density at radius 1 is 1.26 bits per heavy atom. The molecule has 0 bridgehead atoms. The minimum atomic E-state index is -0.455. The number of Topliss-reactive ketones (excluding diaryl/α,β-unsaturated/α-hetero) is 1. The van der Waals surface area contributed by atoms with E-state index in [1.165, 1.54) is 29.1 Å². The van der Waals surface area contributed by atoms with Gasteiger partial charge >= 0.3 is 0 Å². The highest BCUT2D eigenvalue weighted by atomic mass is 19.1. The van der Waals surface area contributed by atoms with E-state index in [0.29, 0.717) is 12.2 Å². The Kier molecular flexibility index (Phi) is 5.51. The second-order valence-corrected chi connectivity index (χ2v) is 6.55. The van der Waals surface area contributed by atoms with E-state index in [-0.39, 0.29) is 28.8 Å². The van der Waals surface area contributed by atoms with E-state index in [2.05, 4.69) is 9.55 Å². The molecule has 0 N–H and O–H groups in total. The summed E-state index contributed by atoms with van der Waals surface area (Å²) in [5, 5.41) is 0.289. The van der Waals surface area contributed by atoms with Crippen LogP contribution in [0.4, 0.5) is 4.39 Å². The molecule has 0 fully saturated rings. The molecule has 0 spiro atoms. The maximum absolute atomic E-state index is 13.3. The van der Waals surface area contributed by atoms with Crippen LogP contribution < -0.4 is 5.56 Å². The molecule has 0 aliphatic carbocycles. The van der Waals surface area contributed by atoms with Crippen molar-refractivity contribution >= 4 is 16.7 Å². The zero-order valence-corrected chi connectivity index (χ0v) is 15.7. The quantitative estimate of drug-likeness (QED) is 0.473. The fourth-order valence-electron chi connectivity index (χ4n) is 3.28. The van der Waals surface area contributed by atoms with E-state index >= 15 is 0 Å². The number of fused-ring (bicyclic) bond motifs is 1. The topological polar surface area (TPSA) is 66.1 Å². The van der Waals surface area contributed by atoms with E-state index in [1.807, 2.05) is 19.9 Å². The Bertz CT molecular complexity index is 1050. The van der Waals surface area contributed by atoms with Gasteiger partial charge in [0.15, 0.2) is 5.78 Å². The standard InChI is InChI=1S/C20H22FN3O3/c1-13-9-17(14(2)24(13)7-4-8-27-3)19(25)11-23-12-22-18-10-15(21)5-6-16(18)20(23)26/h5-6,9-10,12H,4,7-8,11H2,1-3H3. The number of hydrogen-bond acceptors (Lipinski definition) is 4. The van der Waals surface area contributed by atoms with Gasteiger partial charge in [-0.3, -0.25) is 14.2 Å². The monoisotopic (exact) mass is 371 g/mol. The Morgan fingerprint density at radius 2 is 2.04 bits per heavy atom. The van der Waals surface area contributed by atoms with Crippen LogP contribution in [0.2, 0.25) is 0 Å². The van der Waals surface area contributed by atoms with E-state index in [4.69, 9.17) is 4.74 Å². The zero-order valence-electron chi connectivity index (χ0n) is 15.7. The van der Waals surface area contributed by atoms with Crippen LogP contribution in [0.1, 0.15) is 28.2 Å². The lowest BCUT2D eigenvalue weighted by molar-refractivity contribution is 0.0970. The van der Waals surface area contributed by atoms with E-state index in [1.54, 1.807) is 7.11 Å². The van der Waals surface area contributed by atoms with Gasteiger partial charge in [-0.2, -0.15) is 0 Å². The van der Waals surface area contributed by atoms with Crippen LogP contribution in [0.25, 0.3) is 10.9 Å². The van der Waals surface area contributed by atoms with Gasteiger partial charge in [0.2, 0.25) is 0 Å². The van der Waals surface area contributed by atoms with Crippen molar-refractivity contribution in [2.75, 3.05) is 13.7 Å². The average Bonchev–Trinajstić information content (AvgIpc) is 2.92. The van der Waals surface area contributed by atoms with E-state index in [0.717, 1.165) is 24.4 Å². The van der Waals surface area contributed by atoms with Crippen molar-refractivity contribution < 1.29 is 13.9 Å². The Morgan fingerprint density at radius 3 is 2.78 bits per heavy atom. The first-order valence-corrected chi connectivity index (χ1v) is 8.76. The van der Waals surface area contributed by atoms with Crippen LogP contribution in [-0.4, -0.2) is 33.6 Å². The molecule has 27 heavy (non-hydrogen) atoms. The molecular formula is C20H22FN3O3. The van der Waals surface area contributed by atoms with E-state index in [9.17, 15) is 14.0 Å². The Balaban J connectivity index is 1.87. The van der Waals surface area contributed by atoms with Gasteiger partial charge in [-0.05, 0) is 38.5 Å². The summed E-state index contributed by atoms with van der Waals surface area (Å²) in [6.45, 7) is 5.16. The second kappa shape index (κ2) is 7.84. The molecule has 0 atom stereocenters. The van der Waals surface area contributed by atoms with Gasteiger partial charge in [-0.1, -0.05) is 0 Å². The molecule has 7 heteroatoms. The molecule has 1 aromatic carbocycles. The third-order valence-corrected chi connectivity index (χ3v) is 4.71. The van der Waals surface area contributed by atoms with Gasteiger partial charge in [0, 0.05) is 43.3 Å². The Hall–Kier alpha value is -2.80. The number of hydrogen-bond donors (Lipinski definition) is 0. The molecule has 142 valence electrons. The summed E-state index contributed by atoms with van der Waals surface area (Å²) in [6.07, 6.45) is 2.14. The molecule has 0 unspecified atom stereocenters. The number of benzene rings is 1. The maximum atomic E-state index is 13.3. The van der Waals surface area contributed by atoms with Gasteiger partial charge in [0.05, 0.1) is 23.8 Å². The van der Waals surface area contributed by atoms with Crippen LogP contribution in [0.3, 0.4) is 0 Å². The largest absolute Gasteiger partial charge is 0.385 e. The molecule has 2 heterocycles. The van der Waals surface area contributed by atoms with Crippen LogP contribution in [0.15, 0.2) is 35.4 Å². The average molecular weight is 371 g/mol. The molecular weight excluding hydrogens is 349 g/mol. The summed E-state index contributed by atoms with van der Waals surface area (Å²) in [4.78, 5) is 29.5. The highest BCUT2D eigenvalue weighted by Gasteiger charge is 2.17. The SMILES string of the molecule is COCCCn1c(C)cc(C(=O)Cn2cnc3cc(F)ccc3c2=O)c1C. The summed E-state index contributed by atoms with van der Waals surface area (Å²) in [5.41, 5.74) is 2.38. The minimum absolute atomic E-state index is 0.110. The van der Waals surface area contributed by atoms with Gasteiger partial charge in [0.1, 0.15) is 5.82 Å². The van der Waals surface area contributed by atoms with Crippen molar-refractivity contribution in [3.63, 3.8) is 0 Å². The van der Waals surface area contributed by atoms with Gasteiger partial charge < -0.3 is 9.30 Å². The lowest BCUT2D eigenvalue weighted by atomic mass is 10.1. The highest BCUT2D eigenvalue weighted by Crippen LogP contribution is 2.17. The fraction of sp³-hybridized carbons (Fsp3) is 0.350. The summed E-state index contributed by atoms with van der Waals surface area (Å²) < 4.78 is 21.7. The number of aryl methyl sites for hydroxylation is 1.